The minimum absolute atomic E-state index is 0.0515. The Morgan fingerprint density at radius 1 is 1.15 bits per heavy atom. The fraction of sp³-hybridized carbons (Fsp3) is 0.182. The smallest absolute Gasteiger partial charge is 0.340 e. The molecule has 0 saturated heterocycles. The molecule has 10 nitrogen and oxygen atoms in total. The lowest BCUT2D eigenvalue weighted by atomic mass is 10.1. The first-order valence-electron chi connectivity index (χ1n) is 10.1. The summed E-state index contributed by atoms with van der Waals surface area (Å²) < 4.78 is 30.5. The van der Waals surface area contributed by atoms with E-state index in [2.05, 4.69) is 30.8 Å². The molecule has 1 aliphatic heterocycles. The van der Waals surface area contributed by atoms with Gasteiger partial charge in [-0.2, -0.15) is 10.1 Å². The van der Waals surface area contributed by atoms with Crippen LogP contribution in [0.4, 0.5) is 27.5 Å². The highest BCUT2D eigenvalue weighted by molar-refractivity contribution is 6.09. The van der Waals surface area contributed by atoms with Gasteiger partial charge < -0.3 is 24.8 Å². The largest absolute Gasteiger partial charge is 0.486 e. The number of rotatable bonds is 5. The number of hydrogen-bond acceptors (Lipinski definition) is 9. The van der Waals surface area contributed by atoms with Crippen LogP contribution < -0.4 is 20.1 Å². The first kappa shape index (κ1) is 20.5. The van der Waals surface area contributed by atoms with E-state index in [1.54, 1.807) is 37.3 Å². The number of carbonyl (C=O) groups excluding carboxylic acids is 1. The third kappa shape index (κ3) is 3.84. The molecule has 0 radical (unpaired) electrons. The normalized spacial score (nSPS) is 12.5. The number of H-pyrrole nitrogens is 1. The average Bonchev–Trinajstić information content (AvgIpc) is 3.21. The molecule has 0 saturated carbocycles. The van der Waals surface area contributed by atoms with Gasteiger partial charge in [-0.05, 0) is 31.2 Å². The van der Waals surface area contributed by atoms with Gasteiger partial charge in [0.25, 0.3) is 0 Å². The molecule has 3 N–H and O–H groups in total. The van der Waals surface area contributed by atoms with Gasteiger partial charge >= 0.3 is 5.97 Å². The summed E-state index contributed by atoms with van der Waals surface area (Å²) in [6.45, 7) is 2.72. The second kappa shape index (κ2) is 8.26. The lowest BCUT2D eigenvalue weighted by Crippen LogP contribution is -2.15. The maximum absolute atomic E-state index is 14.5. The number of methoxy groups -OCH3 is 1. The van der Waals surface area contributed by atoms with Crippen molar-refractivity contribution in [2.24, 2.45) is 0 Å². The van der Waals surface area contributed by atoms with Gasteiger partial charge in [-0.25, -0.2) is 14.2 Å². The number of nitrogens with zero attached hydrogens (tertiary/aromatic N) is 3. The molecule has 0 spiro atoms. The number of halogens is 1. The molecule has 4 aromatic rings. The van der Waals surface area contributed by atoms with Gasteiger partial charge in [0.15, 0.2) is 23.1 Å². The van der Waals surface area contributed by atoms with E-state index in [-0.39, 0.29) is 17.3 Å². The zero-order valence-corrected chi connectivity index (χ0v) is 17.7. The molecule has 1 aliphatic rings. The number of fused-ring (bicyclic) bond motifs is 2. The Morgan fingerprint density at radius 3 is 2.79 bits per heavy atom. The Morgan fingerprint density at radius 2 is 1.97 bits per heavy atom. The second-order valence-corrected chi connectivity index (χ2v) is 7.22. The molecule has 0 bridgehead atoms. The molecule has 0 fully saturated rings. The first-order chi connectivity index (χ1) is 16.0. The third-order valence-corrected chi connectivity index (χ3v) is 5.09. The second-order valence-electron chi connectivity index (χ2n) is 7.22. The number of aryl methyl sites for hydroxylation is 1. The van der Waals surface area contributed by atoms with Crippen molar-refractivity contribution < 1.29 is 23.4 Å². The SMILES string of the molecule is COC(=O)c1c(Nc2ncc(F)c(Nc3ccc4c(c3)OCCO4)n2)ccc2n[nH]c(C)c12. The molecule has 0 amide bonds. The number of benzene rings is 2. The van der Waals surface area contributed by atoms with Crippen molar-refractivity contribution in [2.45, 2.75) is 6.92 Å². The molecule has 0 atom stereocenters. The fourth-order valence-electron chi connectivity index (χ4n) is 3.58. The van der Waals surface area contributed by atoms with Gasteiger partial charge in [-0.3, -0.25) is 5.10 Å². The maximum atomic E-state index is 14.5. The maximum Gasteiger partial charge on any atom is 0.340 e. The Hall–Kier alpha value is -4.41. The van der Waals surface area contributed by atoms with Crippen LogP contribution in [0.15, 0.2) is 36.5 Å². The summed E-state index contributed by atoms with van der Waals surface area (Å²) in [4.78, 5) is 20.8. The van der Waals surface area contributed by atoms with Gasteiger partial charge in [-0.15, -0.1) is 0 Å². The van der Waals surface area contributed by atoms with Gasteiger partial charge in [0.05, 0.1) is 30.1 Å². The standard InChI is InChI=1S/C22H19FN6O4/c1-11-18-15(29-28-11)5-4-14(19(18)21(30)31-2)26-22-24-10-13(23)20(27-22)25-12-3-6-16-17(9-12)33-8-7-32-16/h3-6,9-10H,7-8H2,1-2H3,(H,28,29)(H2,24,25,26,27). The lowest BCUT2D eigenvalue weighted by Gasteiger charge is -2.19. The van der Waals surface area contributed by atoms with E-state index in [0.717, 1.165) is 6.20 Å². The van der Waals surface area contributed by atoms with E-state index in [0.29, 0.717) is 52.7 Å². The zero-order chi connectivity index (χ0) is 22.9. The summed E-state index contributed by atoms with van der Waals surface area (Å²) in [7, 11) is 1.30. The molecule has 11 heteroatoms. The van der Waals surface area contributed by atoms with E-state index in [1.807, 2.05) is 0 Å². The Bertz CT molecular complexity index is 1370. The number of aromatic nitrogens is 4. The number of hydrogen-bond donors (Lipinski definition) is 3. The average molecular weight is 450 g/mol. The van der Waals surface area contributed by atoms with Crippen LogP contribution in [0.5, 0.6) is 11.5 Å². The molecule has 0 aliphatic carbocycles. The topological polar surface area (TPSA) is 123 Å². The monoisotopic (exact) mass is 450 g/mol. The fourth-order valence-corrected chi connectivity index (χ4v) is 3.58. The van der Waals surface area contributed by atoms with Crippen molar-refractivity contribution in [2.75, 3.05) is 31.0 Å². The first-order valence-corrected chi connectivity index (χ1v) is 10.1. The molecule has 2 aromatic carbocycles. The predicted molar refractivity (Wildman–Crippen MR) is 118 cm³/mol. The Balaban J connectivity index is 1.47. The summed E-state index contributed by atoms with van der Waals surface area (Å²) in [6.07, 6.45) is 1.04. The van der Waals surface area contributed by atoms with Crippen LogP contribution in [0.25, 0.3) is 10.9 Å². The van der Waals surface area contributed by atoms with Crippen molar-refractivity contribution >= 4 is 40.0 Å². The van der Waals surface area contributed by atoms with Crippen LogP contribution in [0.1, 0.15) is 16.1 Å². The number of nitrogens with one attached hydrogen (secondary N) is 3. The summed E-state index contributed by atoms with van der Waals surface area (Å²) in [5.41, 5.74) is 2.55. The lowest BCUT2D eigenvalue weighted by molar-refractivity contribution is 0.0604. The van der Waals surface area contributed by atoms with E-state index in [1.165, 1.54) is 7.11 Å². The molecule has 5 rings (SSSR count). The number of anilines is 4. The molecule has 33 heavy (non-hydrogen) atoms. The van der Waals surface area contributed by atoms with Gasteiger partial charge in [0.1, 0.15) is 13.2 Å². The Labute approximate surface area is 187 Å². The minimum atomic E-state index is -0.648. The number of aromatic amines is 1. The van der Waals surface area contributed by atoms with Crippen molar-refractivity contribution in [3.05, 3.63) is 53.6 Å². The van der Waals surface area contributed by atoms with Crippen molar-refractivity contribution in [1.29, 1.82) is 0 Å². The number of carbonyl (C=O) groups is 1. The van der Waals surface area contributed by atoms with E-state index in [4.69, 9.17) is 14.2 Å². The quantitative estimate of drug-likeness (QED) is 0.389. The van der Waals surface area contributed by atoms with Crippen molar-refractivity contribution in [3.63, 3.8) is 0 Å². The van der Waals surface area contributed by atoms with Gasteiger partial charge in [-0.1, -0.05) is 0 Å². The highest BCUT2D eigenvalue weighted by Gasteiger charge is 2.21. The molecule has 2 aromatic heterocycles. The van der Waals surface area contributed by atoms with Crippen LogP contribution >= 0.6 is 0 Å². The molecule has 168 valence electrons. The summed E-state index contributed by atoms with van der Waals surface area (Å²) in [5, 5.41) is 13.6. The molecular weight excluding hydrogens is 431 g/mol. The highest BCUT2D eigenvalue weighted by Crippen LogP contribution is 2.34. The summed E-state index contributed by atoms with van der Waals surface area (Å²) in [6, 6.07) is 8.57. The highest BCUT2D eigenvalue weighted by atomic mass is 19.1. The number of ether oxygens (including phenoxy) is 3. The van der Waals surface area contributed by atoms with Crippen molar-refractivity contribution in [1.82, 2.24) is 20.2 Å². The van der Waals surface area contributed by atoms with Crippen molar-refractivity contribution in [3.8, 4) is 11.5 Å². The molecule has 0 unspecified atom stereocenters. The van der Waals surface area contributed by atoms with Crippen LogP contribution in [-0.4, -0.2) is 46.5 Å². The van der Waals surface area contributed by atoms with Crippen LogP contribution in [0.2, 0.25) is 0 Å². The summed E-state index contributed by atoms with van der Waals surface area (Å²) >= 11 is 0. The zero-order valence-electron chi connectivity index (χ0n) is 17.7. The Kier molecular flexibility index (Phi) is 5.13. The third-order valence-electron chi connectivity index (χ3n) is 5.09. The van der Waals surface area contributed by atoms with Crippen LogP contribution in [0, 0.1) is 12.7 Å². The predicted octanol–water partition coefficient (Wildman–Crippen LogP) is 3.85. The van der Waals surface area contributed by atoms with Gasteiger partial charge in [0.2, 0.25) is 5.95 Å². The number of esters is 1. The van der Waals surface area contributed by atoms with E-state index < -0.39 is 11.8 Å². The van der Waals surface area contributed by atoms with Crippen LogP contribution in [0.3, 0.4) is 0 Å². The molecular formula is C22H19FN6O4. The van der Waals surface area contributed by atoms with E-state index >= 15 is 0 Å². The van der Waals surface area contributed by atoms with Gasteiger partial charge in [0, 0.05) is 22.8 Å². The van der Waals surface area contributed by atoms with Crippen LogP contribution in [-0.2, 0) is 4.74 Å². The van der Waals surface area contributed by atoms with E-state index in [9.17, 15) is 9.18 Å². The molecule has 3 heterocycles. The summed E-state index contributed by atoms with van der Waals surface area (Å²) in [5.74, 6) is 0.0173. The minimum Gasteiger partial charge on any atom is -0.486 e.